The average molecular weight is 257 g/mol. The maximum Gasteiger partial charge on any atom is 0.328 e. The van der Waals surface area contributed by atoms with Crippen LogP contribution in [0.25, 0.3) is 0 Å². The van der Waals surface area contributed by atoms with E-state index in [0.29, 0.717) is 0 Å². The molecule has 0 radical (unpaired) electrons. The molecular weight excluding hydrogens is 238 g/mol. The Morgan fingerprint density at radius 3 is 2.17 bits per heavy atom. The van der Waals surface area contributed by atoms with Crippen molar-refractivity contribution in [3.05, 3.63) is 0 Å². The second-order valence-electron chi connectivity index (χ2n) is 4.52. The van der Waals surface area contributed by atoms with E-state index >= 15 is 0 Å². The minimum absolute atomic E-state index is 0.00517. The smallest absolute Gasteiger partial charge is 0.328 e. The first-order valence-corrected chi connectivity index (χ1v) is 5.95. The summed E-state index contributed by atoms with van der Waals surface area (Å²) in [5, 5.41) is 2.62. The summed E-state index contributed by atoms with van der Waals surface area (Å²) in [7, 11) is 2.54. The number of hydrogen-bond donors (Lipinski definition) is 1. The molecule has 0 unspecified atom stereocenters. The third-order valence-electron chi connectivity index (χ3n) is 2.94. The Kier molecular flexibility index (Phi) is 5.12. The van der Waals surface area contributed by atoms with Gasteiger partial charge in [0.05, 0.1) is 20.1 Å². The fourth-order valence-corrected chi connectivity index (χ4v) is 1.64. The van der Waals surface area contributed by atoms with Crippen molar-refractivity contribution in [2.75, 3.05) is 14.2 Å². The van der Waals surface area contributed by atoms with Gasteiger partial charge in [-0.1, -0.05) is 6.92 Å². The summed E-state index contributed by atoms with van der Waals surface area (Å²) in [6, 6.07) is -0.794. The van der Waals surface area contributed by atoms with Crippen LogP contribution in [0, 0.1) is 11.8 Å². The molecule has 1 N–H and O–H groups in total. The van der Waals surface area contributed by atoms with Crippen LogP contribution < -0.4 is 5.32 Å². The van der Waals surface area contributed by atoms with Gasteiger partial charge in [-0.25, -0.2) is 4.79 Å². The lowest BCUT2D eigenvalue weighted by Gasteiger charge is -2.19. The van der Waals surface area contributed by atoms with Crippen LogP contribution in [0.1, 0.15) is 26.2 Å². The first kappa shape index (κ1) is 14.5. The summed E-state index contributed by atoms with van der Waals surface area (Å²) in [5.41, 5.74) is 0. The molecule has 1 aliphatic rings. The highest BCUT2D eigenvalue weighted by atomic mass is 16.5. The van der Waals surface area contributed by atoms with Gasteiger partial charge in [-0.2, -0.15) is 0 Å². The Hall–Kier alpha value is -1.59. The molecule has 6 nitrogen and oxygen atoms in total. The number of amides is 1. The SMILES string of the molecule is COC(=O)[C@@H](C)C[C@@H](NC(=O)C1CC1)C(=O)OC. The van der Waals surface area contributed by atoms with E-state index in [1.165, 1.54) is 14.2 Å². The van der Waals surface area contributed by atoms with Gasteiger partial charge in [-0.15, -0.1) is 0 Å². The van der Waals surface area contributed by atoms with Crippen LogP contribution in [0.5, 0.6) is 0 Å². The van der Waals surface area contributed by atoms with Gasteiger partial charge >= 0.3 is 11.9 Å². The van der Waals surface area contributed by atoms with Crippen LogP contribution >= 0.6 is 0 Å². The van der Waals surface area contributed by atoms with Crippen molar-refractivity contribution in [3.8, 4) is 0 Å². The first-order valence-electron chi connectivity index (χ1n) is 5.95. The molecule has 1 aliphatic carbocycles. The highest BCUT2D eigenvalue weighted by Crippen LogP contribution is 2.29. The average Bonchev–Trinajstić information content (AvgIpc) is 3.19. The lowest BCUT2D eigenvalue weighted by Crippen LogP contribution is -2.44. The molecule has 18 heavy (non-hydrogen) atoms. The third kappa shape index (κ3) is 4.01. The summed E-state index contributed by atoms with van der Waals surface area (Å²) >= 11 is 0. The molecule has 1 amide bonds. The zero-order valence-corrected chi connectivity index (χ0v) is 10.9. The Bertz CT molecular complexity index is 337. The molecule has 0 saturated heterocycles. The number of hydrogen-bond acceptors (Lipinski definition) is 5. The Morgan fingerprint density at radius 1 is 1.17 bits per heavy atom. The summed E-state index contributed by atoms with van der Waals surface area (Å²) in [5.74, 6) is -1.57. The molecular formula is C12H19NO5. The van der Waals surface area contributed by atoms with Gasteiger partial charge in [0.2, 0.25) is 5.91 Å². The Balaban J connectivity index is 2.57. The van der Waals surface area contributed by atoms with Gasteiger partial charge in [-0.05, 0) is 19.3 Å². The van der Waals surface area contributed by atoms with Gasteiger partial charge in [0.1, 0.15) is 6.04 Å². The fraction of sp³-hybridized carbons (Fsp3) is 0.750. The fourth-order valence-electron chi connectivity index (χ4n) is 1.64. The van der Waals surface area contributed by atoms with E-state index in [1.807, 2.05) is 0 Å². The van der Waals surface area contributed by atoms with Crippen LogP contribution in [-0.2, 0) is 23.9 Å². The lowest BCUT2D eigenvalue weighted by atomic mass is 10.0. The monoisotopic (exact) mass is 257 g/mol. The molecule has 1 fully saturated rings. The second-order valence-corrected chi connectivity index (χ2v) is 4.52. The summed E-state index contributed by atoms with van der Waals surface area (Å²) < 4.78 is 9.21. The molecule has 0 aliphatic heterocycles. The molecule has 6 heteroatoms. The minimum atomic E-state index is -0.794. The van der Waals surface area contributed by atoms with Crippen LogP contribution in [0.4, 0.5) is 0 Å². The van der Waals surface area contributed by atoms with Crippen LogP contribution in [0.3, 0.4) is 0 Å². The van der Waals surface area contributed by atoms with Gasteiger partial charge in [0.25, 0.3) is 0 Å². The number of ether oxygens (including phenoxy) is 2. The predicted molar refractivity (Wildman–Crippen MR) is 62.5 cm³/mol. The highest BCUT2D eigenvalue weighted by molar-refractivity contribution is 5.87. The molecule has 0 aromatic carbocycles. The Morgan fingerprint density at radius 2 is 1.72 bits per heavy atom. The van der Waals surface area contributed by atoms with Gasteiger partial charge in [-0.3, -0.25) is 9.59 Å². The van der Waals surface area contributed by atoms with Crippen molar-refractivity contribution in [2.24, 2.45) is 11.8 Å². The van der Waals surface area contributed by atoms with Crippen LogP contribution in [0.2, 0.25) is 0 Å². The lowest BCUT2D eigenvalue weighted by molar-refractivity contribution is -0.149. The van der Waals surface area contributed by atoms with Crippen molar-refractivity contribution in [3.63, 3.8) is 0 Å². The van der Waals surface area contributed by atoms with Gasteiger partial charge < -0.3 is 14.8 Å². The Labute approximate surface area is 106 Å². The van der Waals surface area contributed by atoms with Crippen molar-refractivity contribution < 1.29 is 23.9 Å². The number of nitrogens with one attached hydrogen (secondary N) is 1. The van der Waals surface area contributed by atoms with E-state index in [-0.39, 0.29) is 18.2 Å². The highest BCUT2D eigenvalue weighted by Gasteiger charge is 2.34. The van der Waals surface area contributed by atoms with E-state index in [9.17, 15) is 14.4 Å². The number of carbonyl (C=O) groups excluding carboxylic acids is 3. The van der Waals surface area contributed by atoms with Crippen LogP contribution in [-0.4, -0.2) is 38.1 Å². The van der Waals surface area contributed by atoms with Crippen molar-refractivity contribution in [1.82, 2.24) is 5.32 Å². The summed E-state index contributed by atoms with van der Waals surface area (Å²) in [4.78, 5) is 34.5. The summed E-state index contributed by atoms with van der Waals surface area (Å²) in [6.07, 6.45) is 1.89. The first-order chi connectivity index (χ1) is 8.49. The minimum Gasteiger partial charge on any atom is -0.469 e. The maximum atomic E-state index is 11.6. The number of rotatable bonds is 6. The maximum absolute atomic E-state index is 11.6. The molecule has 0 aromatic rings. The van der Waals surface area contributed by atoms with Crippen LogP contribution in [0.15, 0.2) is 0 Å². The molecule has 2 atom stereocenters. The number of esters is 2. The number of carbonyl (C=O) groups is 3. The van der Waals surface area contributed by atoms with Crippen molar-refractivity contribution >= 4 is 17.8 Å². The predicted octanol–water partition coefficient (Wildman–Crippen LogP) is 0.253. The summed E-state index contributed by atoms with van der Waals surface area (Å²) in [6.45, 7) is 1.64. The van der Waals surface area contributed by atoms with Gasteiger partial charge in [0, 0.05) is 5.92 Å². The van der Waals surface area contributed by atoms with Gasteiger partial charge in [0.15, 0.2) is 0 Å². The molecule has 1 saturated carbocycles. The van der Waals surface area contributed by atoms with Crippen molar-refractivity contribution in [2.45, 2.75) is 32.2 Å². The van der Waals surface area contributed by atoms with Crippen molar-refractivity contribution in [1.29, 1.82) is 0 Å². The quantitative estimate of drug-likeness (QED) is 0.690. The molecule has 0 spiro atoms. The molecule has 0 bridgehead atoms. The van der Waals surface area contributed by atoms with E-state index in [1.54, 1.807) is 6.92 Å². The normalized spacial score (nSPS) is 17.5. The largest absolute Gasteiger partial charge is 0.469 e. The molecule has 102 valence electrons. The number of methoxy groups -OCH3 is 2. The van der Waals surface area contributed by atoms with E-state index < -0.39 is 23.9 Å². The third-order valence-corrected chi connectivity index (χ3v) is 2.94. The standard InChI is InChI=1S/C12H19NO5/c1-7(11(15)17-2)6-9(12(16)18-3)13-10(14)8-4-5-8/h7-9H,4-6H2,1-3H3,(H,13,14)/t7-,9+/m0/s1. The topological polar surface area (TPSA) is 81.7 Å². The van der Waals surface area contributed by atoms with E-state index in [4.69, 9.17) is 0 Å². The van der Waals surface area contributed by atoms with E-state index in [2.05, 4.69) is 14.8 Å². The second kappa shape index (κ2) is 6.37. The zero-order valence-electron chi connectivity index (χ0n) is 10.9. The molecule has 1 rings (SSSR count). The molecule has 0 aromatic heterocycles. The van der Waals surface area contributed by atoms with E-state index in [0.717, 1.165) is 12.8 Å². The molecule has 0 heterocycles. The zero-order chi connectivity index (χ0) is 13.7.